The Morgan fingerprint density at radius 3 is 2.32 bits per heavy atom. The lowest BCUT2D eigenvalue weighted by Gasteiger charge is -2.17. The third-order valence-corrected chi connectivity index (χ3v) is 4.06. The summed E-state index contributed by atoms with van der Waals surface area (Å²) in [5.74, 6) is 0.620. The molecule has 0 spiro atoms. The van der Waals surface area contributed by atoms with Crippen LogP contribution in [0.15, 0.2) is 45.3 Å². The molecule has 19 heavy (non-hydrogen) atoms. The number of halogens is 3. The zero-order valence-corrected chi connectivity index (χ0v) is 14.0. The molecule has 0 saturated carbocycles. The van der Waals surface area contributed by atoms with E-state index in [1.807, 2.05) is 18.2 Å². The Morgan fingerprint density at radius 2 is 1.68 bits per heavy atom. The molecule has 0 aliphatic rings. The molecule has 0 aromatic heterocycles. The van der Waals surface area contributed by atoms with Gasteiger partial charge in [-0.1, -0.05) is 49.5 Å². The molecule has 2 rings (SSSR count). The van der Waals surface area contributed by atoms with E-state index in [-0.39, 0.29) is 0 Å². The van der Waals surface area contributed by atoms with Gasteiger partial charge >= 0.3 is 0 Å². The lowest BCUT2D eigenvalue weighted by atomic mass is 10.0. The predicted octanol–water partition coefficient (Wildman–Crippen LogP) is 4.96. The fraction of sp³-hybridized carbons (Fsp3) is 0.143. The molecule has 0 fully saturated rings. The number of hydrogen-bond donors (Lipinski definition) is 1. The standard InChI is InChI=1S/C14H11Br2ClO2/c1-19-13-5-3-8(15)6-11(13)14(18)10-4-2-9(16)7-12(10)17/h2-7,14,18H,1H3. The van der Waals surface area contributed by atoms with Crippen molar-refractivity contribution in [3.8, 4) is 5.75 Å². The second-order valence-corrected chi connectivity index (χ2v) is 6.19. The van der Waals surface area contributed by atoms with Crippen molar-refractivity contribution in [1.29, 1.82) is 0 Å². The third kappa shape index (κ3) is 3.31. The van der Waals surface area contributed by atoms with Crippen molar-refractivity contribution in [2.75, 3.05) is 7.11 Å². The summed E-state index contributed by atoms with van der Waals surface area (Å²) in [7, 11) is 1.57. The highest BCUT2D eigenvalue weighted by Crippen LogP contribution is 2.36. The largest absolute Gasteiger partial charge is 0.496 e. The van der Waals surface area contributed by atoms with Gasteiger partial charge in [-0.2, -0.15) is 0 Å². The molecule has 0 aliphatic heterocycles. The van der Waals surface area contributed by atoms with Crippen LogP contribution in [-0.2, 0) is 0 Å². The lowest BCUT2D eigenvalue weighted by molar-refractivity contribution is 0.214. The minimum absolute atomic E-state index is 0.504. The van der Waals surface area contributed by atoms with E-state index in [9.17, 15) is 5.11 Å². The fourth-order valence-corrected chi connectivity index (χ4v) is 2.97. The van der Waals surface area contributed by atoms with Gasteiger partial charge in [-0.15, -0.1) is 0 Å². The number of ether oxygens (including phenoxy) is 1. The highest BCUT2D eigenvalue weighted by Gasteiger charge is 2.18. The summed E-state index contributed by atoms with van der Waals surface area (Å²) >= 11 is 12.9. The van der Waals surface area contributed by atoms with Crippen LogP contribution in [0.2, 0.25) is 5.02 Å². The maximum absolute atomic E-state index is 10.5. The van der Waals surface area contributed by atoms with E-state index in [2.05, 4.69) is 31.9 Å². The van der Waals surface area contributed by atoms with Gasteiger partial charge in [0.05, 0.1) is 7.11 Å². The maximum Gasteiger partial charge on any atom is 0.125 e. The van der Waals surface area contributed by atoms with Gasteiger partial charge in [-0.25, -0.2) is 0 Å². The first-order chi connectivity index (χ1) is 9.02. The average Bonchev–Trinajstić information content (AvgIpc) is 2.38. The molecular weight excluding hydrogens is 395 g/mol. The molecule has 2 nitrogen and oxygen atoms in total. The second-order valence-electron chi connectivity index (χ2n) is 3.95. The van der Waals surface area contributed by atoms with E-state index in [1.165, 1.54) is 0 Å². The number of aliphatic hydroxyl groups is 1. The van der Waals surface area contributed by atoms with Crippen LogP contribution < -0.4 is 4.74 Å². The van der Waals surface area contributed by atoms with E-state index in [0.717, 1.165) is 8.95 Å². The first kappa shape index (κ1) is 14.9. The monoisotopic (exact) mass is 404 g/mol. The van der Waals surface area contributed by atoms with E-state index in [0.29, 0.717) is 21.9 Å². The number of methoxy groups -OCH3 is 1. The summed E-state index contributed by atoms with van der Waals surface area (Å²) in [5.41, 5.74) is 1.31. The van der Waals surface area contributed by atoms with Crippen molar-refractivity contribution in [2.45, 2.75) is 6.10 Å². The molecule has 0 saturated heterocycles. The molecule has 0 aliphatic carbocycles. The summed E-state index contributed by atoms with van der Waals surface area (Å²) in [5, 5.41) is 11.0. The number of benzene rings is 2. The molecule has 1 unspecified atom stereocenters. The molecule has 2 aromatic rings. The van der Waals surface area contributed by atoms with Gasteiger partial charge in [-0.3, -0.25) is 0 Å². The predicted molar refractivity (Wildman–Crippen MR) is 83.9 cm³/mol. The van der Waals surface area contributed by atoms with Crippen molar-refractivity contribution in [3.63, 3.8) is 0 Å². The maximum atomic E-state index is 10.5. The zero-order chi connectivity index (χ0) is 14.0. The van der Waals surface area contributed by atoms with Crippen molar-refractivity contribution >= 4 is 43.5 Å². The normalized spacial score (nSPS) is 12.3. The topological polar surface area (TPSA) is 29.5 Å². The van der Waals surface area contributed by atoms with E-state index >= 15 is 0 Å². The van der Waals surface area contributed by atoms with Crippen LogP contribution in [0.4, 0.5) is 0 Å². The average molecular weight is 407 g/mol. The summed E-state index contributed by atoms with van der Waals surface area (Å²) in [6.07, 6.45) is -0.840. The Morgan fingerprint density at radius 1 is 1.05 bits per heavy atom. The molecular formula is C14H11Br2ClO2. The molecule has 1 atom stereocenters. The molecule has 0 radical (unpaired) electrons. The van der Waals surface area contributed by atoms with Crippen molar-refractivity contribution in [2.24, 2.45) is 0 Å². The smallest absolute Gasteiger partial charge is 0.125 e. The van der Waals surface area contributed by atoms with E-state index in [1.54, 1.807) is 25.3 Å². The minimum Gasteiger partial charge on any atom is -0.496 e. The molecule has 5 heteroatoms. The Kier molecular flexibility index (Phi) is 4.90. The quantitative estimate of drug-likeness (QED) is 0.781. The third-order valence-electron chi connectivity index (χ3n) is 2.74. The van der Waals surface area contributed by atoms with Gasteiger partial charge in [-0.05, 0) is 30.3 Å². The summed E-state index contributed by atoms with van der Waals surface area (Å²) in [6.45, 7) is 0. The number of rotatable bonds is 3. The van der Waals surface area contributed by atoms with Crippen LogP contribution in [0.25, 0.3) is 0 Å². The van der Waals surface area contributed by atoms with Crippen LogP contribution in [0, 0.1) is 0 Å². The molecule has 2 aromatic carbocycles. The first-order valence-corrected chi connectivity index (χ1v) is 7.45. The van der Waals surface area contributed by atoms with Crippen LogP contribution in [0.3, 0.4) is 0 Å². The SMILES string of the molecule is COc1ccc(Br)cc1C(O)c1ccc(Br)cc1Cl. The zero-order valence-electron chi connectivity index (χ0n) is 10.0. The van der Waals surface area contributed by atoms with Crippen LogP contribution in [0.5, 0.6) is 5.75 Å². The van der Waals surface area contributed by atoms with Gasteiger partial charge < -0.3 is 9.84 Å². The van der Waals surface area contributed by atoms with Crippen molar-refractivity contribution < 1.29 is 9.84 Å². The lowest BCUT2D eigenvalue weighted by Crippen LogP contribution is -2.03. The van der Waals surface area contributed by atoms with Crippen LogP contribution in [-0.4, -0.2) is 12.2 Å². The Hall–Kier alpha value is -0.550. The number of hydrogen-bond acceptors (Lipinski definition) is 2. The fourth-order valence-electron chi connectivity index (χ4n) is 1.81. The minimum atomic E-state index is -0.840. The summed E-state index contributed by atoms with van der Waals surface area (Å²) < 4.78 is 7.01. The summed E-state index contributed by atoms with van der Waals surface area (Å²) in [4.78, 5) is 0. The van der Waals surface area contributed by atoms with Gasteiger partial charge in [0.1, 0.15) is 11.9 Å². The number of aliphatic hydroxyl groups excluding tert-OH is 1. The van der Waals surface area contributed by atoms with E-state index < -0.39 is 6.10 Å². The van der Waals surface area contributed by atoms with Crippen molar-refractivity contribution in [1.82, 2.24) is 0 Å². The molecule has 100 valence electrons. The Balaban J connectivity index is 2.49. The van der Waals surface area contributed by atoms with Gasteiger partial charge in [0.2, 0.25) is 0 Å². The van der Waals surface area contributed by atoms with Crippen LogP contribution in [0.1, 0.15) is 17.2 Å². The highest BCUT2D eigenvalue weighted by atomic mass is 79.9. The second kappa shape index (κ2) is 6.27. The van der Waals surface area contributed by atoms with Crippen LogP contribution >= 0.6 is 43.5 Å². The first-order valence-electron chi connectivity index (χ1n) is 5.49. The molecule has 1 N–H and O–H groups in total. The van der Waals surface area contributed by atoms with Gasteiger partial charge in [0.25, 0.3) is 0 Å². The molecule has 0 bridgehead atoms. The molecule has 0 heterocycles. The van der Waals surface area contributed by atoms with E-state index in [4.69, 9.17) is 16.3 Å². The highest BCUT2D eigenvalue weighted by molar-refractivity contribution is 9.10. The Bertz CT molecular complexity index is 602. The van der Waals surface area contributed by atoms with Crippen molar-refractivity contribution in [3.05, 3.63) is 61.5 Å². The van der Waals surface area contributed by atoms with Gasteiger partial charge in [0.15, 0.2) is 0 Å². The van der Waals surface area contributed by atoms with Gasteiger partial charge in [0, 0.05) is 25.1 Å². The summed E-state index contributed by atoms with van der Waals surface area (Å²) in [6, 6.07) is 10.9. The molecule has 0 amide bonds. The Labute approximate surface area is 133 Å².